The number of para-hydroxylation sites is 1. The molecule has 5 rings (SSSR count). The van der Waals surface area contributed by atoms with Gasteiger partial charge < -0.3 is 28.4 Å². The molecule has 0 radical (unpaired) electrons. The lowest BCUT2D eigenvalue weighted by Gasteiger charge is -2.41. The van der Waals surface area contributed by atoms with E-state index in [0.717, 1.165) is 11.1 Å². The Morgan fingerprint density at radius 1 is 1.00 bits per heavy atom. The summed E-state index contributed by atoms with van der Waals surface area (Å²) in [6.07, 6.45) is 0. The van der Waals surface area contributed by atoms with Crippen molar-refractivity contribution in [1.29, 1.82) is 0 Å². The van der Waals surface area contributed by atoms with Gasteiger partial charge in [0.05, 0.1) is 7.11 Å². The lowest BCUT2D eigenvalue weighted by Crippen LogP contribution is -2.51. The lowest BCUT2D eigenvalue weighted by atomic mass is 9.74. The summed E-state index contributed by atoms with van der Waals surface area (Å²) in [5, 5.41) is 0. The molecule has 0 amide bonds. The predicted octanol–water partition coefficient (Wildman–Crippen LogP) is 2.46. The maximum absolute atomic E-state index is 12.7. The van der Waals surface area contributed by atoms with E-state index in [1.807, 2.05) is 30.3 Å². The van der Waals surface area contributed by atoms with Crippen LogP contribution in [-0.2, 0) is 14.3 Å². The van der Waals surface area contributed by atoms with E-state index in [4.69, 9.17) is 28.4 Å². The smallest absolute Gasteiger partial charge is 0.317 e. The topological polar surface area (TPSA) is 72.5 Å². The molecule has 2 aromatic carbocycles. The van der Waals surface area contributed by atoms with Crippen molar-refractivity contribution in [1.82, 2.24) is 0 Å². The lowest BCUT2D eigenvalue weighted by molar-refractivity contribution is -0.195. The zero-order valence-corrected chi connectivity index (χ0v) is 14.9. The molecular weight excluding hydrogens is 352 g/mol. The average Bonchev–Trinajstić information content (AvgIpc) is 3.29. The van der Waals surface area contributed by atoms with Gasteiger partial charge in [-0.2, -0.15) is 0 Å². The fraction of sp³-hybridized carbons (Fsp3) is 0.350. The summed E-state index contributed by atoms with van der Waals surface area (Å²) < 4.78 is 33.8. The van der Waals surface area contributed by atoms with Gasteiger partial charge in [0.25, 0.3) is 5.79 Å². The minimum Gasteiger partial charge on any atom is -0.496 e. The molecule has 140 valence electrons. The van der Waals surface area contributed by atoms with Crippen LogP contribution in [0, 0.1) is 5.92 Å². The molecule has 27 heavy (non-hydrogen) atoms. The number of methoxy groups -OCH3 is 2. The summed E-state index contributed by atoms with van der Waals surface area (Å²) in [5.41, 5.74) is 1.66. The van der Waals surface area contributed by atoms with E-state index < -0.39 is 11.7 Å². The van der Waals surface area contributed by atoms with E-state index in [2.05, 4.69) is 0 Å². The average molecular weight is 370 g/mol. The van der Waals surface area contributed by atoms with Gasteiger partial charge in [-0.3, -0.25) is 4.79 Å². The van der Waals surface area contributed by atoms with Crippen LogP contribution < -0.4 is 18.9 Å². The zero-order valence-electron chi connectivity index (χ0n) is 14.9. The molecule has 0 aromatic heterocycles. The van der Waals surface area contributed by atoms with Crippen molar-refractivity contribution in [3.63, 3.8) is 0 Å². The van der Waals surface area contributed by atoms with Gasteiger partial charge in [0.2, 0.25) is 6.79 Å². The monoisotopic (exact) mass is 370 g/mol. The molecular formula is C20H18O7. The van der Waals surface area contributed by atoms with Gasteiger partial charge >= 0.3 is 5.97 Å². The van der Waals surface area contributed by atoms with Gasteiger partial charge in [-0.05, 0) is 12.1 Å². The number of fused-ring (bicyclic) bond motifs is 3. The number of hydrogen-bond acceptors (Lipinski definition) is 7. The van der Waals surface area contributed by atoms with Crippen LogP contribution in [0.1, 0.15) is 17.0 Å². The molecule has 0 spiro atoms. The van der Waals surface area contributed by atoms with Gasteiger partial charge in [-0.15, -0.1) is 0 Å². The normalized spacial score (nSPS) is 27.4. The highest BCUT2D eigenvalue weighted by atomic mass is 16.7. The quantitative estimate of drug-likeness (QED) is 0.769. The summed E-state index contributed by atoms with van der Waals surface area (Å²) in [4.78, 5) is 12.7. The Morgan fingerprint density at radius 2 is 1.78 bits per heavy atom. The van der Waals surface area contributed by atoms with Gasteiger partial charge in [-0.1, -0.05) is 18.2 Å². The first kappa shape index (κ1) is 16.3. The van der Waals surface area contributed by atoms with E-state index in [9.17, 15) is 4.79 Å². The van der Waals surface area contributed by atoms with Crippen LogP contribution in [0.15, 0.2) is 36.4 Å². The first-order chi connectivity index (χ1) is 13.2. The first-order valence-corrected chi connectivity index (χ1v) is 8.64. The Bertz CT molecular complexity index is 925. The predicted molar refractivity (Wildman–Crippen MR) is 92.2 cm³/mol. The van der Waals surface area contributed by atoms with E-state index in [1.54, 1.807) is 13.2 Å². The van der Waals surface area contributed by atoms with E-state index in [-0.39, 0.29) is 25.3 Å². The number of carbonyl (C=O) groups excluding carboxylic acids is 1. The molecule has 0 N–H and O–H groups in total. The molecule has 3 heterocycles. The van der Waals surface area contributed by atoms with Crippen LogP contribution >= 0.6 is 0 Å². The van der Waals surface area contributed by atoms with Gasteiger partial charge in [-0.25, -0.2) is 0 Å². The molecule has 7 nitrogen and oxygen atoms in total. The molecule has 3 aliphatic rings. The fourth-order valence-corrected chi connectivity index (χ4v) is 4.15. The molecule has 3 atom stereocenters. The number of cyclic esters (lactones) is 1. The van der Waals surface area contributed by atoms with Crippen molar-refractivity contribution in [3.05, 3.63) is 47.5 Å². The fourth-order valence-electron chi connectivity index (χ4n) is 4.15. The Kier molecular flexibility index (Phi) is 3.48. The number of esters is 1. The van der Waals surface area contributed by atoms with Gasteiger partial charge in [0.1, 0.15) is 17.4 Å². The number of carbonyl (C=O) groups is 1. The highest BCUT2D eigenvalue weighted by molar-refractivity contribution is 5.80. The number of ether oxygens (including phenoxy) is 6. The second-order valence-corrected chi connectivity index (χ2v) is 6.67. The third-order valence-corrected chi connectivity index (χ3v) is 5.42. The zero-order chi connectivity index (χ0) is 18.6. The molecule has 0 aliphatic carbocycles. The highest BCUT2D eigenvalue weighted by Gasteiger charge is 2.61. The molecule has 1 saturated heterocycles. The SMILES string of the molecule is COc1ccccc1[C@H]1c2cc3c(cc2O[C@@]2(OC)COC(=O)[C@H]12)OCO3. The number of benzene rings is 2. The van der Waals surface area contributed by atoms with Crippen LogP contribution in [0.5, 0.6) is 23.0 Å². The molecule has 7 heteroatoms. The maximum atomic E-state index is 12.7. The van der Waals surface area contributed by atoms with Crippen molar-refractivity contribution in [2.75, 3.05) is 27.6 Å². The summed E-state index contributed by atoms with van der Waals surface area (Å²) in [6, 6.07) is 11.2. The van der Waals surface area contributed by atoms with Crippen LogP contribution in [-0.4, -0.2) is 39.4 Å². The van der Waals surface area contributed by atoms with Crippen molar-refractivity contribution in [2.24, 2.45) is 5.92 Å². The Hall–Kier alpha value is -2.93. The summed E-state index contributed by atoms with van der Waals surface area (Å²) in [7, 11) is 3.13. The van der Waals surface area contributed by atoms with Crippen molar-refractivity contribution >= 4 is 5.97 Å². The van der Waals surface area contributed by atoms with Gasteiger partial charge in [0, 0.05) is 30.2 Å². The molecule has 2 aromatic rings. The van der Waals surface area contributed by atoms with Crippen molar-refractivity contribution in [3.8, 4) is 23.0 Å². The Balaban J connectivity index is 1.77. The third kappa shape index (κ3) is 2.21. The number of rotatable bonds is 3. The standard InChI is InChI=1S/C20H18O7/c1-22-13-6-4-3-5-11(13)17-12-7-15-16(26-10-25-15)8-14(12)27-20(23-2)9-24-19(21)18(17)20/h3-8,17-18H,9-10H2,1-2H3/t17-,18-,20-/m0/s1. The molecule has 0 bridgehead atoms. The first-order valence-electron chi connectivity index (χ1n) is 8.64. The van der Waals surface area contributed by atoms with Crippen molar-refractivity contribution < 1.29 is 33.2 Å². The summed E-state index contributed by atoms with van der Waals surface area (Å²) >= 11 is 0. The minimum atomic E-state index is -1.21. The molecule has 1 fully saturated rings. The second-order valence-electron chi connectivity index (χ2n) is 6.67. The van der Waals surface area contributed by atoms with Crippen LogP contribution in [0.3, 0.4) is 0 Å². The number of hydrogen-bond donors (Lipinski definition) is 0. The Labute approximate surface area is 155 Å². The van der Waals surface area contributed by atoms with Crippen LogP contribution in [0.4, 0.5) is 0 Å². The largest absolute Gasteiger partial charge is 0.496 e. The maximum Gasteiger partial charge on any atom is 0.317 e. The summed E-state index contributed by atoms with van der Waals surface area (Å²) in [5.74, 6) is -0.152. The van der Waals surface area contributed by atoms with Crippen molar-refractivity contribution in [2.45, 2.75) is 11.7 Å². The van der Waals surface area contributed by atoms with Crippen LogP contribution in [0.25, 0.3) is 0 Å². The molecule has 0 unspecified atom stereocenters. The minimum absolute atomic E-state index is 0.0204. The summed E-state index contributed by atoms with van der Waals surface area (Å²) in [6.45, 7) is 0.172. The molecule has 3 aliphatic heterocycles. The second kappa shape index (κ2) is 5.79. The van der Waals surface area contributed by atoms with E-state index in [0.29, 0.717) is 23.0 Å². The van der Waals surface area contributed by atoms with Gasteiger partial charge in [0.15, 0.2) is 18.1 Å². The van der Waals surface area contributed by atoms with E-state index >= 15 is 0 Å². The third-order valence-electron chi connectivity index (χ3n) is 5.42. The Morgan fingerprint density at radius 3 is 2.56 bits per heavy atom. The van der Waals surface area contributed by atoms with Crippen LogP contribution in [0.2, 0.25) is 0 Å². The highest BCUT2D eigenvalue weighted by Crippen LogP contribution is 2.55. The van der Waals surface area contributed by atoms with E-state index in [1.165, 1.54) is 7.11 Å². The molecule has 0 saturated carbocycles.